The lowest BCUT2D eigenvalue weighted by Gasteiger charge is -2.16. The van der Waals surface area contributed by atoms with Gasteiger partial charge in [-0.25, -0.2) is 4.79 Å². The van der Waals surface area contributed by atoms with E-state index in [9.17, 15) is 9.59 Å². The van der Waals surface area contributed by atoms with Crippen molar-refractivity contribution in [2.24, 2.45) is 11.8 Å². The maximum Gasteiger partial charge on any atom is 0.319 e. The van der Waals surface area contributed by atoms with E-state index >= 15 is 0 Å². The number of rotatable bonds is 6. The molecule has 0 spiro atoms. The van der Waals surface area contributed by atoms with Crippen LogP contribution in [0.3, 0.4) is 0 Å². The second kappa shape index (κ2) is 8.10. The molecule has 0 radical (unpaired) electrons. The van der Waals surface area contributed by atoms with Gasteiger partial charge in [-0.15, -0.1) is 0 Å². The maximum absolute atomic E-state index is 11.8. The zero-order valence-electron chi connectivity index (χ0n) is 11.8. The third-order valence-electron chi connectivity index (χ3n) is 2.79. The van der Waals surface area contributed by atoms with Gasteiger partial charge in [-0.05, 0) is 30.5 Å². The SMILES string of the molecule is CC(C)CC(CNC(=O)Nc1ccc(Cl)cc1Cl)C(=O)O. The number of carbonyl (C=O) groups is 2. The van der Waals surface area contributed by atoms with Gasteiger partial charge in [0.05, 0.1) is 16.6 Å². The van der Waals surface area contributed by atoms with Gasteiger partial charge in [0.15, 0.2) is 0 Å². The number of urea groups is 1. The van der Waals surface area contributed by atoms with Crippen LogP contribution in [0, 0.1) is 11.8 Å². The lowest BCUT2D eigenvalue weighted by atomic mass is 9.97. The largest absolute Gasteiger partial charge is 0.481 e. The van der Waals surface area contributed by atoms with Crippen LogP contribution in [0.15, 0.2) is 18.2 Å². The molecule has 0 saturated carbocycles. The Balaban J connectivity index is 2.54. The summed E-state index contributed by atoms with van der Waals surface area (Å²) in [5, 5.41) is 15.0. The smallest absolute Gasteiger partial charge is 0.319 e. The Morgan fingerprint density at radius 2 is 1.95 bits per heavy atom. The molecule has 1 atom stereocenters. The fourth-order valence-corrected chi connectivity index (χ4v) is 2.27. The summed E-state index contributed by atoms with van der Waals surface area (Å²) in [4.78, 5) is 22.8. The number of aliphatic carboxylic acids is 1. The molecule has 3 N–H and O–H groups in total. The van der Waals surface area contributed by atoms with Gasteiger partial charge >= 0.3 is 12.0 Å². The molecule has 0 bridgehead atoms. The van der Waals surface area contributed by atoms with Gasteiger partial charge in [0.25, 0.3) is 0 Å². The molecule has 0 aliphatic carbocycles. The van der Waals surface area contributed by atoms with Crippen LogP contribution in [0.1, 0.15) is 20.3 Å². The first-order chi connectivity index (χ1) is 9.79. The molecule has 2 amide bonds. The highest BCUT2D eigenvalue weighted by atomic mass is 35.5. The van der Waals surface area contributed by atoms with Gasteiger partial charge < -0.3 is 15.7 Å². The molecule has 1 aromatic carbocycles. The predicted molar refractivity (Wildman–Crippen MR) is 84.1 cm³/mol. The minimum Gasteiger partial charge on any atom is -0.481 e. The van der Waals surface area contributed by atoms with E-state index in [2.05, 4.69) is 10.6 Å². The topological polar surface area (TPSA) is 78.4 Å². The highest BCUT2D eigenvalue weighted by Crippen LogP contribution is 2.25. The lowest BCUT2D eigenvalue weighted by molar-refractivity contribution is -0.142. The average Bonchev–Trinajstić information content (AvgIpc) is 2.37. The van der Waals surface area contributed by atoms with Gasteiger partial charge in [0.1, 0.15) is 0 Å². The molecule has 1 unspecified atom stereocenters. The van der Waals surface area contributed by atoms with E-state index in [-0.39, 0.29) is 12.5 Å². The van der Waals surface area contributed by atoms with E-state index in [0.717, 1.165) is 0 Å². The third kappa shape index (κ3) is 6.23. The minimum absolute atomic E-state index is 0.0601. The Morgan fingerprint density at radius 1 is 1.29 bits per heavy atom. The molecule has 0 heterocycles. The highest BCUT2D eigenvalue weighted by molar-refractivity contribution is 6.36. The van der Waals surface area contributed by atoms with Gasteiger partial charge in [0, 0.05) is 11.6 Å². The molecule has 0 aromatic heterocycles. The number of nitrogens with one attached hydrogen (secondary N) is 2. The van der Waals surface area contributed by atoms with E-state index in [1.165, 1.54) is 6.07 Å². The molecule has 21 heavy (non-hydrogen) atoms. The second-order valence-electron chi connectivity index (χ2n) is 5.12. The number of hydrogen-bond acceptors (Lipinski definition) is 2. The number of benzene rings is 1. The molecule has 0 aliphatic rings. The Hall–Kier alpha value is -1.46. The van der Waals surface area contributed by atoms with Gasteiger partial charge in [-0.2, -0.15) is 0 Å². The maximum atomic E-state index is 11.8. The van der Waals surface area contributed by atoms with Crippen LogP contribution in [0.25, 0.3) is 0 Å². The van der Waals surface area contributed by atoms with E-state index < -0.39 is 17.9 Å². The molecule has 5 nitrogen and oxygen atoms in total. The Bertz CT molecular complexity index is 521. The standard InChI is InChI=1S/C14H18Cl2N2O3/c1-8(2)5-9(13(19)20)7-17-14(21)18-12-4-3-10(15)6-11(12)16/h3-4,6,8-9H,5,7H2,1-2H3,(H,19,20)(H2,17,18,21). The Kier molecular flexibility index (Phi) is 6.78. The van der Waals surface area contributed by atoms with Crippen molar-refractivity contribution in [3.05, 3.63) is 28.2 Å². The van der Waals surface area contributed by atoms with Crippen molar-refractivity contribution in [1.29, 1.82) is 0 Å². The van der Waals surface area contributed by atoms with E-state index in [1.54, 1.807) is 12.1 Å². The molecular formula is C14H18Cl2N2O3. The monoisotopic (exact) mass is 332 g/mol. The van der Waals surface area contributed by atoms with Crippen LogP contribution in [0.5, 0.6) is 0 Å². The molecular weight excluding hydrogens is 315 g/mol. The molecule has 0 aliphatic heterocycles. The number of carboxylic acid groups (broad SMARTS) is 1. The summed E-state index contributed by atoms with van der Waals surface area (Å²) in [5.74, 6) is -1.30. The Labute approximate surface area is 133 Å². The number of carboxylic acids is 1. The van der Waals surface area contributed by atoms with Crippen LogP contribution in [0.4, 0.5) is 10.5 Å². The number of carbonyl (C=O) groups excluding carboxylic acids is 1. The van der Waals surface area contributed by atoms with Crippen LogP contribution >= 0.6 is 23.2 Å². The van der Waals surface area contributed by atoms with Crippen molar-refractivity contribution < 1.29 is 14.7 Å². The van der Waals surface area contributed by atoms with Crippen molar-refractivity contribution >= 4 is 40.9 Å². The van der Waals surface area contributed by atoms with Crippen LogP contribution in [0.2, 0.25) is 10.0 Å². The molecule has 0 fully saturated rings. The summed E-state index contributed by atoms with van der Waals surface area (Å²) in [6.45, 7) is 3.93. The summed E-state index contributed by atoms with van der Waals surface area (Å²) >= 11 is 11.7. The number of anilines is 1. The van der Waals surface area contributed by atoms with Crippen LogP contribution in [-0.2, 0) is 4.79 Å². The molecule has 1 aromatic rings. The van der Waals surface area contributed by atoms with Crippen molar-refractivity contribution in [2.75, 3.05) is 11.9 Å². The first kappa shape index (κ1) is 17.6. The van der Waals surface area contributed by atoms with Crippen molar-refractivity contribution in [3.8, 4) is 0 Å². The first-order valence-corrected chi connectivity index (χ1v) is 7.28. The van der Waals surface area contributed by atoms with Gasteiger partial charge in [-0.3, -0.25) is 4.79 Å². The van der Waals surface area contributed by atoms with Gasteiger partial charge in [0.2, 0.25) is 0 Å². The second-order valence-corrected chi connectivity index (χ2v) is 5.97. The number of amides is 2. The van der Waals surface area contributed by atoms with Gasteiger partial charge in [-0.1, -0.05) is 37.0 Å². The first-order valence-electron chi connectivity index (χ1n) is 6.52. The normalized spacial score (nSPS) is 12.0. The summed E-state index contributed by atoms with van der Waals surface area (Å²) in [5.41, 5.74) is 0.411. The fraction of sp³-hybridized carbons (Fsp3) is 0.429. The fourth-order valence-electron chi connectivity index (χ4n) is 1.81. The molecule has 7 heteroatoms. The Morgan fingerprint density at radius 3 is 2.48 bits per heavy atom. The number of halogens is 2. The molecule has 0 saturated heterocycles. The number of hydrogen-bond donors (Lipinski definition) is 3. The molecule has 1 rings (SSSR count). The lowest BCUT2D eigenvalue weighted by Crippen LogP contribution is -2.36. The van der Waals surface area contributed by atoms with Crippen molar-refractivity contribution in [1.82, 2.24) is 5.32 Å². The quantitative estimate of drug-likeness (QED) is 0.740. The van der Waals surface area contributed by atoms with E-state index in [0.29, 0.717) is 22.2 Å². The van der Waals surface area contributed by atoms with Crippen LogP contribution in [-0.4, -0.2) is 23.7 Å². The third-order valence-corrected chi connectivity index (χ3v) is 3.34. The van der Waals surface area contributed by atoms with E-state index in [4.69, 9.17) is 28.3 Å². The van der Waals surface area contributed by atoms with E-state index in [1.807, 2.05) is 13.8 Å². The zero-order valence-corrected chi connectivity index (χ0v) is 13.3. The van der Waals surface area contributed by atoms with Crippen molar-refractivity contribution in [3.63, 3.8) is 0 Å². The minimum atomic E-state index is -0.923. The van der Waals surface area contributed by atoms with Crippen LogP contribution < -0.4 is 10.6 Å². The summed E-state index contributed by atoms with van der Waals surface area (Å²) in [6, 6.07) is 4.18. The summed E-state index contributed by atoms with van der Waals surface area (Å²) < 4.78 is 0. The zero-order chi connectivity index (χ0) is 16.0. The molecule has 116 valence electrons. The summed E-state index contributed by atoms with van der Waals surface area (Å²) in [6.07, 6.45) is 0.497. The van der Waals surface area contributed by atoms with Crippen molar-refractivity contribution in [2.45, 2.75) is 20.3 Å². The summed E-state index contributed by atoms with van der Waals surface area (Å²) in [7, 11) is 0. The highest BCUT2D eigenvalue weighted by Gasteiger charge is 2.19. The average molecular weight is 333 g/mol. The predicted octanol–water partition coefficient (Wildman–Crippen LogP) is 3.86.